The highest BCUT2D eigenvalue weighted by atomic mass is 35.5. The van der Waals surface area contributed by atoms with Gasteiger partial charge in [-0.15, -0.1) is 0 Å². The van der Waals surface area contributed by atoms with E-state index < -0.39 is 47.2 Å². The lowest BCUT2D eigenvalue weighted by Gasteiger charge is -2.30. The zero-order valence-corrected chi connectivity index (χ0v) is 25.9. The van der Waals surface area contributed by atoms with E-state index in [9.17, 15) is 40.7 Å². The zero-order chi connectivity index (χ0) is 33.6. The second-order valence-electron chi connectivity index (χ2n) is 11.7. The fourth-order valence-corrected chi connectivity index (χ4v) is 5.23. The predicted molar refractivity (Wildman–Crippen MR) is 156 cm³/mol. The van der Waals surface area contributed by atoms with Crippen molar-refractivity contribution in [3.8, 4) is 5.75 Å². The van der Waals surface area contributed by atoms with E-state index in [0.29, 0.717) is 11.1 Å². The first-order valence-corrected chi connectivity index (χ1v) is 14.9. The van der Waals surface area contributed by atoms with E-state index in [-0.39, 0.29) is 80.1 Å². The van der Waals surface area contributed by atoms with Gasteiger partial charge in [0.15, 0.2) is 5.78 Å². The Bertz CT molecular complexity index is 1370. The van der Waals surface area contributed by atoms with E-state index in [1.165, 1.54) is 37.4 Å². The summed E-state index contributed by atoms with van der Waals surface area (Å²) in [5.41, 5.74) is -1.43. The van der Waals surface area contributed by atoms with Crippen molar-refractivity contribution >= 4 is 29.1 Å². The van der Waals surface area contributed by atoms with E-state index in [2.05, 4.69) is 5.32 Å². The normalized spacial score (nSPS) is 17.6. The molecular weight excluding hydrogens is 628 g/mol. The summed E-state index contributed by atoms with van der Waals surface area (Å²) in [4.78, 5) is 38.8. The molecule has 6 nitrogen and oxygen atoms in total. The monoisotopic (exact) mass is 663 g/mol. The maximum Gasteiger partial charge on any atom is 0.400 e. The number of hydrogen-bond acceptors (Lipinski definition) is 5. The fraction of sp³-hybridized carbons (Fsp3) is 0.531. The molecule has 0 heterocycles. The van der Waals surface area contributed by atoms with E-state index >= 15 is 0 Å². The number of hydrogen-bond donors (Lipinski definition) is 1. The Morgan fingerprint density at radius 1 is 0.889 bits per heavy atom. The van der Waals surface area contributed by atoms with Crippen molar-refractivity contribution in [2.75, 3.05) is 20.3 Å². The first kappa shape index (κ1) is 36.3. The fourth-order valence-electron chi connectivity index (χ4n) is 5.00. The van der Waals surface area contributed by atoms with Crippen LogP contribution in [0.2, 0.25) is 5.02 Å². The van der Waals surface area contributed by atoms with Crippen LogP contribution in [0, 0.1) is 11.3 Å². The molecule has 3 rings (SSSR count). The van der Waals surface area contributed by atoms with Crippen LogP contribution in [0.15, 0.2) is 36.4 Å². The van der Waals surface area contributed by atoms with Crippen LogP contribution in [0.4, 0.5) is 26.3 Å². The largest absolute Gasteiger partial charge is 0.490 e. The highest BCUT2D eigenvalue weighted by molar-refractivity contribution is 6.34. The van der Waals surface area contributed by atoms with Gasteiger partial charge in [-0.3, -0.25) is 14.4 Å². The van der Waals surface area contributed by atoms with Crippen molar-refractivity contribution < 1.29 is 50.2 Å². The number of halogens is 7. The molecule has 248 valence electrons. The van der Waals surface area contributed by atoms with Gasteiger partial charge in [0.2, 0.25) is 0 Å². The third-order valence-corrected chi connectivity index (χ3v) is 8.43. The maximum atomic E-state index is 13.3. The Balaban J connectivity index is 1.75. The molecule has 0 saturated heterocycles. The number of rotatable bonds is 13. The number of benzene rings is 2. The van der Waals surface area contributed by atoms with Gasteiger partial charge in [-0.05, 0) is 81.3 Å². The average molecular weight is 664 g/mol. The van der Waals surface area contributed by atoms with Gasteiger partial charge in [0, 0.05) is 31.6 Å². The van der Waals surface area contributed by atoms with E-state index in [1.54, 1.807) is 6.07 Å². The van der Waals surface area contributed by atoms with Crippen molar-refractivity contribution in [2.45, 2.75) is 77.2 Å². The summed E-state index contributed by atoms with van der Waals surface area (Å²) in [5, 5.41) is 2.90. The summed E-state index contributed by atoms with van der Waals surface area (Å²) < 4.78 is 89.6. The minimum Gasteiger partial charge on any atom is -0.490 e. The number of ketones is 2. The molecule has 2 aromatic rings. The molecule has 13 heteroatoms. The second-order valence-corrected chi connectivity index (χ2v) is 12.1. The van der Waals surface area contributed by atoms with E-state index in [4.69, 9.17) is 21.1 Å². The number of amides is 1. The zero-order valence-electron chi connectivity index (χ0n) is 25.2. The van der Waals surface area contributed by atoms with Gasteiger partial charge in [-0.1, -0.05) is 23.7 Å². The number of aryl methyl sites for hydroxylation is 1. The molecule has 0 aromatic heterocycles. The molecule has 1 aliphatic rings. The van der Waals surface area contributed by atoms with Crippen LogP contribution in [-0.4, -0.2) is 56.2 Å². The summed E-state index contributed by atoms with van der Waals surface area (Å²) in [7, 11) is 1.48. The molecule has 45 heavy (non-hydrogen) atoms. The van der Waals surface area contributed by atoms with Gasteiger partial charge in [-0.25, -0.2) is 0 Å². The number of ether oxygens (including phenoxy) is 2. The summed E-state index contributed by atoms with van der Waals surface area (Å²) in [5.74, 6) is -3.17. The molecule has 0 radical (unpaired) electrons. The van der Waals surface area contributed by atoms with Gasteiger partial charge < -0.3 is 14.8 Å². The maximum absolute atomic E-state index is 13.3. The lowest BCUT2D eigenvalue weighted by atomic mass is 9.84. The van der Waals surface area contributed by atoms with Crippen LogP contribution in [-0.2, 0) is 22.4 Å². The lowest BCUT2D eigenvalue weighted by molar-refractivity contribution is -0.210. The molecule has 0 spiro atoms. The van der Waals surface area contributed by atoms with Crippen LogP contribution in [0.5, 0.6) is 5.75 Å². The molecule has 0 unspecified atom stereocenters. The molecular formula is C32H36ClF6NO5. The quantitative estimate of drug-likeness (QED) is 0.135. The van der Waals surface area contributed by atoms with Gasteiger partial charge in [0.1, 0.15) is 23.6 Å². The highest BCUT2D eigenvalue weighted by Gasteiger charge is 2.52. The van der Waals surface area contributed by atoms with Crippen LogP contribution in [0.25, 0.3) is 0 Å². The Morgan fingerprint density at radius 3 is 2.11 bits per heavy atom. The summed E-state index contributed by atoms with van der Waals surface area (Å²) in [6.45, 7) is 2.01. The Labute approximate surface area is 262 Å². The molecule has 1 saturated carbocycles. The van der Waals surface area contributed by atoms with Crippen molar-refractivity contribution in [1.29, 1.82) is 0 Å². The van der Waals surface area contributed by atoms with Gasteiger partial charge in [0.05, 0.1) is 23.1 Å². The number of nitrogens with one attached hydrogen (secondary N) is 1. The third-order valence-electron chi connectivity index (χ3n) is 8.10. The lowest BCUT2D eigenvalue weighted by Crippen LogP contribution is -2.40. The second kappa shape index (κ2) is 15.0. The Morgan fingerprint density at radius 2 is 1.51 bits per heavy atom. The van der Waals surface area contributed by atoms with Crippen molar-refractivity contribution in [3.63, 3.8) is 0 Å². The highest BCUT2D eigenvalue weighted by Crippen LogP contribution is 2.40. The summed E-state index contributed by atoms with van der Waals surface area (Å²) >= 11 is 6.27. The van der Waals surface area contributed by atoms with E-state index in [0.717, 1.165) is 13.8 Å². The van der Waals surface area contributed by atoms with Gasteiger partial charge in [0.25, 0.3) is 5.91 Å². The van der Waals surface area contributed by atoms with Crippen molar-refractivity contribution in [3.05, 3.63) is 63.7 Å². The number of carbonyl (C=O) groups is 3. The van der Waals surface area contributed by atoms with Gasteiger partial charge in [-0.2, -0.15) is 26.3 Å². The molecule has 1 aliphatic carbocycles. The molecule has 1 fully saturated rings. The SMILES string of the molecule is COCCOc1ccc(CC(=O)c2cc(CCC(=O)C(C)(C)C(F)(F)F)ccc2Cl)cc1C(=O)NC1CCC(C(F)(F)F)CC1. The average Bonchev–Trinajstić information content (AvgIpc) is 2.96. The van der Waals surface area contributed by atoms with Crippen LogP contribution in [0.1, 0.15) is 77.8 Å². The number of alkyl halides is 6. The molecule has 0 bridgehead atoms. The van der Waals surface area contributed by atoms with E-state index in [1.807, 2.05) is 0 Å². The Hall–Kier alpha value is -3.12. The van der Waals surface area contributed by atoms with Crippen LogP contribution < -0.4 is 10.1 Å². The molecule has 0 aliphatic heterocycles. The standard InChI is InChI=1S/C32H36ClF6NO5/c1-30(2,32(37,38)39)28(42)13-6-19-4-11-25(33)23(16-19)26(41)18-20-5-12-27(45-15-14-44-3)24(17-20)29(43)40-22-9-7-21(8-10-22)31(34,35)36/h4-5,11-12,16-17,21-22H,6-10,13-15,18H2,1-3H3,(H,40,43). The topological polar surface area (TPSA) is 81.7 Å². The first-order chi connectivity index (χ1) is 20.9. The molecule has 2 aromatic carbocycles. The summed E-state index contributed by atoms with van der Waals surface area (Å²) in [6.07, 6.45) is -9.42. The predicted octanol–water partition coefficient (Wildman–Crippen LogP) is 7.73. The minimum atomic E-state index is -4.70. The van der Waals surface area contributed by atoms with Crippen LogP contribution >= 0.6 is 11.6 Å². The first-order valence-electron chi connectivity index (χ1n) is 14.5. The van der Waals surface area contributed by atoms with Crippen LogP contribution in [0.3, 0.4) is 0 Å². The third kappa shape index (κ3) is 9.68. The van der Waals surface area contributed by atoms with Crippen molar-refractivity contribution in [1.82, 2.24) is 5.32 Å². The Kier molecular flexibility index (Phi) is 12.1. The molecule has 1 amide bonds. The number of Topliss-reactive ketones (excluding diaryl/α,β-unsaturated/α-hetero) is 2. The van der Waals surface area contributed by atoms with Crippen molar-refractivity contribution in [2.24, 2.45) is 11.3 Å². The smallest absolute Gasteiger partial charge is 0.400 e. The summed E-state index contributed by atoms with van der Waals surface area (Å²) in [6, 6.07) is 8.51. The molecule has 0 atom stereocenters. The van der Waals surface area contributed by atoms with Gasteiger partial charge >= 0.3 is 12.4 Å². The number of methoxy groups -OCH3 is 1. The minimum absolute atomic E-state index is 0.0293. The molecule has 1 N–H and O–H groups in total. The number of carbonyl (C=O) groups excluding carboxylic acids is 3.